The maximum absolute atomic E-state index is 5.18. The summed E-state index contributed by atoms with van der Waals surface area (Å²) in [6.45, 7) is 7.74. The van der Waals surface area contributed by atoms with E-state index in [-0.39, 0.29) is 0 Å². The number of benzene rings is 1. The fourth-order valence-electron chi connectivity index (χ4n) is 2.76. The van der Waals surface area contributed by atoms with E-state index in [0.29, 0.717) is 11.3 Å². The quantitative estimate of drug-likeness (QED) is 0.659. The molecule has 0 heterocycles. The average molecular weight is 228 g/mol. The molecule has 1 nitrogen and oxygen atoms in total. The van der Waals surface area contributed by atoms with Crippen LogP contribution in [-0.2, 0) is 0 Å². The number of rotatable bonds is 6. The number of hydrogen-bond acceptors (Lipinski definition) is 1. The van der Waals surface area contributed by atoms with Gasteiger partial charge >= 0.3 is 0 Å². The highest BCUT2D eigenvalue weighted by molar-refractivity contribution is 5.35. The summed E-state index contributed by atoms with van der Waals surface area (Å²) in [4.78, 5) is 0. The zero-order chi connectivity index (χ0) is 12.3. The molecule has 90 valence electrons. The fraction of sp³-hybridized carbons (Fsp3) is 0.375. The van der Waals surface area contributed by atoms with Gasteiger partial charge in [-0.15, -0.1) is 13.2 Å². The molecular weight excluding hydrogens is 208 g/mol. The average Bonchev–Trinajstić information content (AvgIpc) is 3.04. The van der Waals surface area contributed by atoms with Gasteiger partial charge in [-0.2, -0.15) is 0 Å². The van der Waals surface area contributed by atoms with Crippen molar-refractivity contribution in [3.63, 3.8) is 0 Å². The van der Waals surface area contributed by atoms with Crippen molar-refractivity contribution in [3.05, 3.63) is 55.1 Å². The van der Waals surface area contributed by atoms with Crippen LogP contribution in [0.4, 0.5) is 0 Å². The molecule has 0 aliphatic heterocycles. The first-order valence-corrected chi connectivity index (χ1v) is 6.11. The van der Waals surface area contributed by atoms with Crippen LogP contribution < -0.4 is 4.74 Å². The Kier molecular flexibility index (Phi) is 3.37. The van der Waals surface area contributed by atoms with Crippen LogP contribution in [0.2, 0.25) is 0 Å². The molecular formula is C16H20O. The number of methoxy groups -OCH3 is 1. The monoisotopic (exact) mass is 228 g/mol. The van der Waals surface area contributed by atoms with E-state index in [1.54, 1.807) is 7.11 Å². The molecule has 2 rings (SSSR count). The van der Waals surface area contributed by atoms with Gasteiger partial charge in [0.25, 0.3) is 0 Å². The highest BCUT2D eigenvalue weighted by atomic mass is 16.5. The zero-order valence-electron chi connectivity index (χ0n) is 10.5. The van der Waals surface area contributed by atoms with E-state index >= 15 is 0 Å². The summed E-state index contributed by atoms with van der Waals surface area (Å²) in [5.74, 6) is 1.58. The minimum Gasteiger partial charge on any atom is -0.497 e. The Bertz CT molecular complexity index is 392. The van der Waals surface area contributed by atoms with Crippen LogP contribution in [0, 0.1) is 5.41 Å². The molecule has 0 saturated heterocycles. The molecule has 1 aromatic carbocycles. The van der Waals surface area contributed by atoms with Crippen LogP contribution in [0.25, 0.3) is 0 Å². The first kappa shape index (κ1) is 12.0. The van der Waals surface area contributed by atoms with E-state index < -0.39 is 0 Å². The molecule has 1 aliphatic rings. The predicted molar refractivity (Wildman–Crippen MR) is 72.4 cm³/mol. The molecule has 1 fully saturated rings. The van der Waals surface area contributed by atoms with Crippen LogP contribution in [0.15, 0.2) is 49.6 Å². The largest absolute Gasteiger partial charge is 0.497 e. The van der Waals surface area contributed by atoms with E-state index in [0.717, 1.165) is 18.6 Å². The van der Waals surface area contributed by atoms with Crippen molar-refractivity contribution >= 4 is 0 Å². The van der Waals surface area contributed by atoms with E-state index in [1.807, 2.05) is 24.3 Å². The molecule has 1 aliphatic carbocycles. The lowest BCUT2D eigenvalue weighted by atomic mass is 9.92. The summed E-state index contributed by atoms with van der Waals surface area (Å²) in [5.41, 5.74) is 1.80. The van der Waals surface area contributed by atoms with Gasteiger partial charge in [0, 0.05) is 0 Å². The molecule has 1 heteroatoms. The van der Waals surface area contributed by atoms with E-state index in [4.69, 9.17) is 4.74 Å². The molecule has 0 aromatic heterocycles. The van der Waals surface area contributed by atoms with Crippen molar-refractivity contribution in [3.8, 4) is 5.75 Å². The summed E-state index contributed by atoms with van der Waals surface area (Å²) in [6.07, 6.45) is 7.48. The lowest BCUT2D eigenvalue weighted by Gasteiger charge is -2.13. The van der Waals surface area contributed by atoms with Gasteiger partial charge in [-0.3, -0.25) is 0 Å². The first-order valence-electron chi connectivity index (χ1n) is 6.11. The van der Waals surface area contributed by atoms with Crippen LogP contribution >= 0.6 is 0 Å². The van der Waals surface area contributed by atoms with Gasteiger partial charge in [-0.1, -0.05) is 24.3 Å². The molecule has 0 radical (unpaired) electrons. The molecule has 17 heavy (non-hydrogen) atoms. The van der Waals surface area contributed by atoms with E-state index in [2.05, 4.69) is 25.3 Å². The van der Waals surface area contributed by atoms with Gasteiger partial charge in [0.1, 0.15) is 5.75 Å². The Morgan fingerprint density at radius 3 is 2.29 bits per heavy atom. The Labute approximate surface area is 104 Å². The van der Waals surface area contributed by atoms with Crippen molar-refractivity contribution in [2.75, 3.05) is 7.11 Å². The second kappa shape index (κ2) is 4.79. The molecule has 0 amide bonds. The minimum atomic E-state index is 0.387. The van der Waals surface area contributed by atoms with Crippen molar-refractivity contribution in [1.29, 1.82) is 0 Å². The Hall–Kier alpha value is -1.50. The molecule has 1 unspecified atom stereocenters. The molecule has 0 N–H and O–H groups in total. The van der Waals surface area contributed by atoms with Gasteiger partial charge in [0.2, 0.25) is 0 Å². The number of allylic oxidation sites excluding steroid dienone is 2. The van der Waals surface area contributed by atoms with Gasteiger partial charge in [-0.25, -0.2) is 0 Å². The predicted octanol–water partition coefficient (Wildman–Crippen LogP) is 4.32. The third kappa shape index (κ3) is 2.28. The minimum absolute atomic E-state index is 0.387. The highest BCUT2D eigenvalue weighted by Crippen LogP contribution is 2.64. The van der Waals surface area contributed by atoms with E-state index in [9.17, 15) is 0 Å². The molecule has 1 saturated carbocycles. The fourth-order valence-corrected chi connectivity index (χ4v) is 2.76. The maximum atomic E-state index is 5.18. The summed E-state index contributed by atoms with van der Waals surface area (Å²) >= 11 is 0. The molecule has 1 aromatic rings. The van der Waals surface area contributed by atoms with Crippen LogP contribution in [0.5, 0.6) is 5.75 Å². The Morgan fingerprint density at radius 1 is 1.24 bits per heavy atom. The van der Waals surface area contributed by atoms with Crippen LogP contribution in [-0.4, -0.2) is 7.11 Å². The lowest BCUT2D eigenvalue weighted by Crippen LogP contribution is -2.00. The number of hydrogen-bond donors (Lipinski definition) is 0. The van der Waals surface area contributed by atoms with E-state index in [1.165, 1.54) is 12.0 Å². The zero-order valence-corrected chi connectivity index (χ0v) is 10.5. The molecule has 0 bridgehead atoms. The van der Waals surface area contributed by atoms with Gasteiger partial charge in [0.15, 0.2) is 0 Å². The van der Waals surface area contributed by atoms with Crippen molar-refractivity contribution in [2.45, 2.75) is 25.2 Å². The third-order valence-corrected chi connectivity index (χ3v) is 3.81. The van der Waals surface area contributed by atoms with Gasteiger partial charge in [0.05, 0.1) is 7.11 Å². The highest BCUT2D eigenvalue weighted by Gasteiger charge is 2.52. The van der Waals surface area contributed by atoms with Crippen LogP contribution in [0.3, 0.4) is 0 Å². The summed E-state index contributed by atoms with van der Waals surface area (Å²) in [5, 5.41) is 0. The summed E-state index contributed by atoms with van der Waals surface area (Å²) in [6, 6.07) is 8.44. The Morgan fingerprint density at radius 2 is 1.82 bits per heavy atom. The topological polar surface area (TPSA) is 9.23 Å². The Balaban J connectivity index is 2.13. The summed E-state index contributed by atoms with van der Waals surface area (Å²) in [7, 11) is 1.70. The molecule has 1 atom stereocenters. The second-order valence-corrected chi connectivity index (χ2v) is 4.88. The van der Waals surface area contributed by atoms with Crippen molar-refractivity contribution in [1.82, 2.24) is 0 Å². The van der Waals surface area contributed by atoms with Gasteiger partial charge in [-0.05, 0) is 48.3 Å². The smallest absolute Gasteiger partial charge is 0.118 e. The van der Waals surface area contributed by atoms with Crippen LogP contribution in [0.1, 0.15) is 30.7 Å². The second-order valence-electron chi connectivity index (χ2n) is 4.88. The first-order chi connectivity index (χ1) is 8.25. The summed E-state index contributed by atoms with van der Waals surface area (Å²) < 4.78 is 5.18. The van der Waals surface area contributed by atoms with Crippen molar-refractivity contribution in [2.24, 2.45) is 5.41 Å². The lowest BCUT2D eigenvalue weighted by molar-refractivity contribution is 0.414. The third-order valence-electron chi connectivity index (χ3n) is 3.81. The number of ether oxygens (including phenoxy) is 1. The standard InChI is InChI=1S/C16H20O/c1-4-10-16(11-5-2)12-15(16)13-6-8-14(17-3)9-7-13/h4-9,15H,1-2,10-12H2,3H3. The van der Waals surface area contributed by atoms with Gasteiger partial charge < -0.3 is 4.74 Å². The normalized spacial score (nSPS) is 20.6. The van der Waals surface area contributed by atoms with Crippen molar-refractivity contribution < 1.29 is 4.74 Å². The maximum Gasteiger partial charge on any atom is 0.118 e. The SMILES string of the molecule is C=CCC1(CC=C)CC1c1ccc(OC)cc1. The molecule has 0 spiro atoms.